The van der Waals surface area contributed by atoms with Gasteiger partial charge in [-0.05, 0) is 200 Å². The maximum absolute atomic E-state index is 7.57. The summed E-state index contributed by atoms with van der Waals surface area (Å²) in [5.41, 5.74) is 7.66. The first-order chi connectivity index (χ1) is 63.3. The average molecular weight is 2220 g/mol. The van der Waals surface area contributed by atoms with E-state index < -0.39 is 0 Å². The van der Waals surface area contributed by atoms with Crippen molar-refractivity contribution in [2.45, 2.75) is 139 Å². The molecule has 135 heavy (non-hydrogen) atoms. The number of nitrogens with one attached hydrogen (secondary N) is 1. The van der Waals surface area contributed by atoms with Gasteiger partial charge in [0.05, 0.1) is 97.6 Å². The van der Waals surface area contributed by atoms with Crippen LogP contribution in [0.15, 0.2) is 91.4 Å². The minimum absolute atomic E-state index is 0. The predicted molar refractivity (Wildman–Crippen MR) is 612 cm³/mol. The van der Waals surface area contributed by atoms with E-state index in [1.165, 1.54) is 32.1 Å². The van der Waals surface area contributed by atoms with Crippen LogP contribution in [0.5, 0.6) is 6.01 Å². The summed E-state index contributed by atoms with van der Waals surface area (Å²) in [6.07, 6.45) is 18.9. The van der Waals surface area contributed by atoms with E-state index in [0.717, 1.165) is 274 Å². The standard InChI is InChI=1S/C27H33N9O2.C25H28ClN9O.C18H26N6O.C7H3Cl2N3.C2H6O.4CH4.ClH.H18P16/c1-2-38-27-30-25-19(7-5-9-28-25)26(31-27)35-12-4-3-8-21(35)20-17-23-29-22(33-10-6-11-33)18-24(36(23)32-20)34-13-15-37-16-14-34;26-25-29-23-17(5-3-7-27-23)24(30-25)34-10-2-1-6-19(34)18-15-21-28-20(32-8-4-9-32)16-22(35(21)31-18)33-11-13-36-14-12-33;1-2-5-19-14(4-1)15-12-17-20-16(22-6-3-7-22)13-18(24(17)21-15)23-8-10-25-11-9-23;8-5-4-2-1-3-10-6(4)12-7(9)11-5;1-2-3;;;;;;1-10(2)14(9)16(13(7)8)15(11(3)4)12(5)6/h5,7,9,17-18,21H,2-4,6,8,10-16H2,1H3;3,5,7,15-16,19H,1-2,4,6,8-14H2;12-14,19H,1-11H2;1-3H;3H,2H2,1H3;4*1H4;1H;1-9H2. The van der Waals surface area contributed by atoms with E-state index in [9.17, 15) is 0 Å². The van der Waals surface area contributed by atoms with E-state index in [1.807, 2.05) is 44.7 Å². The molecule has 736 valence electrons. The zero-order valence-electron chi connectivity index (χ0n) is 73.2. The molecule has 0 aromatic carbocycles. The second-order valence-electron chi connectivity index (χ2n) is 31.8. The molecule has 21 heterocycles. The Labute approximate surface area is 843 Å². The third-order valence-electron chi connectivity index (χ3n) is 23.4. The van der Waals surface area contributed by atoms with Crippen LogP contribution in [0.1, 0.15) is 156 Å². The molecule has 0 radical (unpaired) electrons. The van der Waals surface area contributed by atoms with Gasteiger partial charge in [-0.2, -0.15) is 53.8 Å². The van der Waals surface area contributed by atoms with Crippen LogP contribution in [0, 0.1) is 0 Å². The number of fused-ring (bicyclic) bond motifs is 6. The molecule has 14 unspecified atom stereocenters. The van der Waals surface area contributed by atoms with Crippen molar-refractivity contribution in [1.82, 2.24) is 94.0 Å². The second-order valence-corrected chi connectivity index (χ2v) is 94.7. The molecule has 0 spiro atoms. The fraction of sp³-hybridized carbons (Fsp3) is 0.530. The first-order valence-electron chi connectivity index (χ1n) is 43.9. The highest BCUT2D eigenvalue weighted by atomic mass is 35.5. The van der Waals surface area contributed by atoms with E-state index >= 15 is 0 Å². The zero-order chi connectivity index (χ0) is 90.5. The highest BCUT2D eigenvalue weighted by Crippen LogP contribution is 3.24. The molecule has 52 heteroatoms. The minimum atomic E-state index is 0. The van der Waals surface area contributed by atoms with Crippen LogP contribution in [0.4, 0.5) is 46.5 Å². The number of aliphatic hydroxyl groups is 1. The van der Waals surface area contributed by atoms with Gasteiger partial charge in [-0.15, -0.1) is 92.8 Å². The number of aromatic nitrogens is 18. The molecule has 21 rings (SSSR count). The molecule has 32 nitrogen and oxygen atoms in total. The highest BCUT2D eigenvalue weighted by Gasteiger charge is 2.38. The molecule has 0 amide bonds. The molecule has 9 aliphatic rings. The summed E-state index contributed by atoms with van der Waals surface area (Å²) in [5, 5.41) is 29.7. The number of nitrogens with zero attached hydrogens (tertiary/aromatic N) is 26. The summed E-state index contributed by atoms with van der Waals surface area (Å²) in [4.78, 5) is 72.8. The Hall–Kier alpha value is -2.63. The summed E-state index contributed by atoms with van der Waals surface area (Å²) in [7, 11) is 27.8. The van der Waals surface area contributed by atoms with Gasteiger partial charge in [0.2, 0.25) is 10.6 Å². The first-order valence-corrected chi connectivity index (χ1v) is 73.2. The van der Waals surface area contributed by atoms with Gasteiger partial charge in [-0.3, -0.25) is 0 Å². The predicted octanol–water partition coefficient (Wildman–Crippen LogP) is 22.6. The Balaban J connectivity index is 0.000000168. The number of morpholine rings is 3. The molecule has 12 aromatic rings. The van der Waals surface area contributed by atoms with Gasteiger partial charge in [0, 0.05) is 153 Å². The molecule has 2 N–H and O–H groups in total. The molecule has 9 saturated heterocycles. The highest BCUT2D eigenvalue weighted by molar-refractivity contribution is 9.30. The molecule has 9 aliphatic heterocycles. The van der Waals surface area contributed by atoms with E-state index in [1.54, 1.807) is 37.6 Å². The SMILES string of the molecule is C.C.C.C.CCO.CCOc1nc(N2CCCCC2c2cc3nc(N4CCC4)cc(N4CCOCC4)n3n2)c2cccnc2n1.Cl.Clc1nc(Cl)c2cccnc2n1.Clc1nc(N2CCCCC2c2cc3nc(N4CCC4)cc(N4CCOCC4)n3n2)c2cccnc2n1.PP(P)P(P)P(P(P)P)P(P(P)P)P(P)P.c1c(N2CCC2)nc2cc(C3CCCCN3)nn2c1N1CCOCC1. The second kappa shape index (κ2) is 54.5. The van der Waals surface area contributed by atoms with Crippen molar-refractivity contribution in [3.8, 4) is 6.01 Å². The van der Waals surface area contributed by atoms with Crippen molar-refractivity contribution >= 4 is 273 Å². The van der Waals surface area contributed by atoms with Gasteiger partial charge in [0.1, 0.15) is 51.7 Å². The van der Waals surface area contributed by atoms with Crippen LogP contribution in [0.2, 0.25) is 15.7 Å². The zero-order valence-corrected chi connectivity index (χ0v) is 93.0. The molecule has 0 aliphatic carbocycles. The number of aliphatic hydroxyl groups excluding tert-OH is 1. The van der Waals surface area contributed by atoms with Crippen molar-refractivity contribution in [3.05, 3.63) is 124 Å². The van der Waals surface area contributed by atoms with Gasteiger partial charge in [-0.25, -0.2) is 34.9 Å². The molecule has 0 bridgehead atoms. The Kier molecular flexibility index (Phi) is 45.5. The Morgan fingerprint density at radius 3 is 1.18 bits per heavy atom. The molecule has 0 saturated carbocycles. The molecular formula is C83H131Cl4N27O5P16. The lowest BCUT2D eigenvalue weighted by Crippen LogP contribution is -2.40. The lowest BCUT2D eigenvalue weighted by Gasteiger charge is -2.40. The summed E-state index contributed by atoms with van der Waals surface area (Å²) in [6.45, 7) is 24.1. The van der Waals surface area contributed by atoms with Crippen LogP contribution >= 0.6 is 176 Å². The van der Waals surface area contributed by atoms with Crippen molar-refractivity contribution in [2.24, 2.45) is 0 Å². The van der Waals surface area contributed by atoms with Crippen LogP contribution in [0.3, 0.4) is 0 Å². The third kappa shape index (κ3) is 27.8. The van der Waals surface area contributed by atoms with Gasteiger partial charge >= 0.3 is 6.01 Å². The number of pyridine rings is 3. The Morgan fingerprint density at radius 1 is 0.415 bits per heavy atom. The number of hydrogen-bond donors (Lipinski definition) is 2. The van der Waals surface area contributed by atoms with Crippen molar-refractivity contribution in [3.63, 3.8) is 0 Å². The summed E-state index contributed by atoms with van der Waals surface area (Å²) in [5.74, 6) is 8.15. The van der Waals surface area contributed by atoms with E-state index in [2.05, 4.69) is 201 Å². The fourth-order valence-electron chi connectivity index (χ4n) is 16.7. The summed E-state index contributed by atoms with van der Waals surface area (Å²) < 4.78 is 28.6. The molecule has 12 aromatic heterocycles. The smallest absolute Gasteiger partial charge is 0.320 e. The summed E-state index contributed by atoms with van der Waals surface area (Å²) in [6, 6.07) is 25.4. The fourth-order valence-corrected chi connectivity index (χ4v) is 181. The normalized spacial score (nSPS) is 18.9. The molecular weight excluding hydrogens is 2090 g/mol. The first kappa shape index (κ1) is 113. The lowest BCUT2D eigenvalue weighted by atomic mass is 9.99. The minimum Gasteiger partial charge on any atom is -0.464 e. The van der Waals surface area contributed by atoms with Gasteiger partial charge in [-0.1, -0.05) is 47.7 Å². The number of ether oxygens (including phenoxy) is 4. The summed E-state index contributed by atoms with van der Waals surface area (Å²) >= 11 is 17.7. The largest absolute Gasteiger partial charge is 0.464 e. The third-order valence-corrected chi connectivity index (χ3v) is 120. The van der Waals surface area contributed by atoms with Crippen molar-refractivity contribution in [2.75, 3.05) is 190 Å². The topological polar surface area (TPSA) is 302 Å². The Bertz CT molecular complexity index is 5770. The lowest BCUT2D eigenvalue weighted by molar-refractivity contribution is 0.122. The maximum Gasteiger partial charge on any atom is 0.320 e. The van der Waals surface area contributed by atoms with E-state index in [4.69, 9.17) is 94.1 Å². The van der Waals surface area contributed by atoms with E-state index in [-0.39, 0.29) is 120 Å². The number of rotatable bonds is 19. The van der Waals surface area contributed by atoms with Crippen LogP contribution < -0.4 is 49.3 Å². The molecule has 14 atom stereocenters. The van der Waals surface area contributed by atoms with Crippen LogP contribution in [-0.4, -0.2) is 245 Å². The van der Waals surface area contributed by atoms with Gasteiger partial charge < -0.3 is 68.6 Å². The Morgan fingerprint density at radius 2 is 0.793 bits per heavy atom. The van der Waals surface area contributed by atoms with Crippen molar-refractivity contribution in [1.29, 1.82) is 0 Å². The number of hydrogen-bond acceptors (Lipinski definition) is 29. The average Bonchev–Trinajstić information content (AvgIpc) is 1.66. The maximum atomic E-state index is 7.57. The van der Waals surface area contributed by atoms with Crippen LogP contribution in [0.25, 0.3) is 50.0 Å². The van der Waals surface area contributed by atoms with Gasteiger partial charge in [0.25, 0.3) is 0 Å². The molecule has 9 fully saturated rings. The van der Waals surface area contributed by atoms with E-state index in [0.29, 0.717) is 46.1 Å². The number of halogens is 4. The van der Waals surface area contributed by atoms with Crippen LogP contribution in [-0.2, 0) is 14.2 Å². The quantitative estimate of drug-likeness (QED) is 0.0432. The van der Waals surface area contributed by atoms with Gasteiger partial charge in [0.15, 0.2) is 33.9 Å². The number of anilines is 8. The number of piperidine rings is 3. The monoisotopic (exact) mass is 2220 g/mol. The van der Waals surface area contributed by atoms with Crippen molar-refractivity contribution < 1.29 is 24.1 Å².